The molecule has 0 unspecified atom stereocenters. The maximum atomic E-state index is 5.94. The van der Waals surface area contributed by atoms with Gasteiger partial charge in [-0.1, -0.05) is 40.8 Å². The molecule has 0 radical (unpaired) electrons. The van der Waals surface area contributed by atoms with E-state index in [1.54, 1.807) is 29.3 Å². The Kier molecular flexibility index (Phi) is 3.56. The van der Waals surface area contributed by atoms with Crippen molar-refractivity contribution >= 4 is 34.7 Å². The standard InChI is InChI=1S/C9H8ClN3S2/c1-6-12-13-9(15-6)14-5-7-3-2-4-11-8(7)10/h2-4H,5H2,1H3. The van der Waals surface area contributed by atoms with Crippen molar-refractivity contribution in [1.82, 2.24) is 15.2 Å². The third-order valence-electron chi connectivity index (χ3n) is 1.69. The molecule has 0 spiro atoms. The largest absolute Gasteiger partial charge is 0.244 e. The molecule has 78 valence electrons. The highest BCUT2D eigenvalue weighted by atomic mass is 35.5. The summed E-state index contributed by atoms with van der Waals surface area (Å²) in [4.78, 5) is 4.02. The van der Waals surface area contributed by atoms with Crippen molar-refractivity contribution in [2.24, 2.45) is 0 Å². The lowest BCUT2D eigenvalue weighted by molar-refractivity contribution is 0.983. The van der Waals surface area contributed by atoms with E-state index in [1.807, 2.05) is 19.1 Å². The normalized spacial score (nSPS) is 10.5. The van der Waals surface area contributed by atoms with Gasteiger partial charge >= 0.3 is 0 Å². The average molecular weight is 258 g/mol. The highest BCUT2D eigenvalue weighted by Gasteiger charge is 2.04. The van der Waals surface area contributed by atoms with E-state index in [2.05, 4.69) is 15.2 Å². The SMILES string of the molecule is Cc1nnc(SCc2cccnc2Cl)s1. The molecule has 3 nitrogen and oxygen atoms in total. The molecule has 6 heteroatoms. The Balaban J connectivity index is 2.02. The van der Waals surface area contributed by atoms with Crippen LogP contribution in [0.3, 0.4) is 0 Å². The lowest BCUT2D eigenvalue weighted by Crippen LogP contribution is -1.84. The minimum absolute atomic E-state index is 0.561. The van der Waals surface area contributed by atoms with Gasteiger partial charge in [0.2, 0.25) is 0 Å². The first-order chi connectivity index (χ1) is 7.25. The zero-order valence-electron chi connectivity index (χ0n) is 7.98. The first kappa shape index (κ1) is 10.9. The Bertz CT molecular complexity index is 458. The summed E-state index contributed by atoms with van der Waals surface area (Å²) in [6.45, 7) is 1.94. The Labute approximate surface area is 101 Å². The summed E-state index contributed by atoms with van der Waals surface area (Å²) in [5.74, 6) is 0.779. The van der Waals surface area contributed by atoms with Crippen molar-refractivity contribution in [3.8, 4) is 0 Å². The van der Waals surface area contributed by atoms with E-state index in [9.17, 15) is 0 Å². The van der Waals surface area contributed by atoms with Crippen LogP contribution in [0.2, 0.25) is 5.15 Å². The number of hydrogen-bond acceptors (Lipinski definition) is 5. The third kappa shape index (κ3) is 2.90. The van der Waals surface area contributed by atoms with Gasteiger partial charge in [-0.3, -0.25) is 0 Å². The molecule has 0 saturated carbocycles. The number of aryl methyl sites for hydroxylation is 1. The molecule has 2 aromatic rings. The van der Waals surface area contributed by atoms with E-state index < -0.39 is 0 Å². The Hall–Kier alpha value is -0.650. The molecule has 0 aromatic carbocycles. The van der Waals surface area contributed by atoms with E-state index in [4.69, 9.17) is 11.6 Å². The van der Waals surface area contributed by atoms with Gasteiger partial charge in [-0.25, -0.2) is 4.98 Å². The predicted octanol–water partition coefficient (Wildman–Crippen LogP) is 3.19. The molecule has 0 fully saturated rings. The fourth-order valence-corrected chi connectivity index (χ4v) is 3.07. The number of hydrogen-bond donors (Lipinski definition) is 0. The molecule has 2 rings (SSSR count). The maximum absolute atomic E-state index is 5.94. The molecule has 0 aliphatic rings. The van der Waals surface area contributed by atoms with Crippen molar-refractivity contribution < 1.29 is 0 Å². The highest BCUT2D eigenvalue weighted by molar-refractivity contribution is 8.00. The van der Waals surface area contributed by atoms with Gasteiger partial charge in [0.1, 0.15) is 10.2 Å². The zero-order chi connectivity index (χ0) is 10.7. The van der Waals surface area contributed by atoms with Gasteiger partial charge in [0.25, 0.3) is 0 Å². The van der Waals surface area contributed by atoms with Gasteiger partial charge in [0.05, 0.1) is 0 Å². The van der Waals surface area contributed by atoms with Crippen LogP contribution in [0.25, 0.3) is 0 Å². The zero-order valence-corrected chi connectivity index (χ0v) is 10.4. The van der Waals surface area contributed by atoms with Gasteiger partial charge in [-0.05, 0) is 18.6 Å². The summed E-state index contributed by atoms with van der Waals surface area (Å²) in [5, 5.41) is 9.52. The van der Waals surface area contributed by atoms with Gasteiger partial charge in [-0.15, -0.1) is 10.2 Å². The second-order valence-electron chi connectivity index (χ2n) is 2.83. The lowest BCUT2D eigenvalue weighted by atomic mass is 10.3. The monoisotopic (exact) mass is 257 g/mol. The topological polar surface area (TPSA) is 38.7 Å². The Morgan fingerprint density at radius 2 is 2.33 bits per heavy atom. The number of thioether (sulfide) groups is 1. The van der Waals surface area contributed by atoms with E-state index in [0.717, 1.165) is 20.7 Å². The molecular weight excluding hydrogens is 250 g/mol. The summed E-state index contributed by atoms with van der Waals surface area (Å²) in [6.07, 6.45) is 1.69. The molecular formula is C9H8ClN3S2. The lowest BCUT2D eigenvalue weighted by Gasteiger charge is -1.99. The van der Waals surface area contributed by atoms with Crippen LogP contribution in [-0.2, 0) is 5.75 Å². The third-order valence-corrected chi connectivity index (χ3v) is 4.06. The number of nitrogens with zero attached hydrogens (tertiary/aromatic N) is 3. The smallest absolute Gasteiger partial charge is 0.174 e. The first-order valence-corrected chi connectivity index (χ1v) is 6.46. The van der Waals surface area contributed by atoms with Crippen molar-refractivity contribution in [3.63, 3.8) is 0 Å². The molecule has 0 atom stereocenters. The van der Waals surface area contributed by atoms with Crippen LogP contribution in [0.5, 0.6) is 0 Å². The van der Waals surface area contributed by atoms with Crippen LogP contribution < -0.4 is 0 Å². The van der Waals surface area contributed by atoms with Gasteiger partial charge in [-0.2, -0.15) is 0 Å². The maximum Gasteiger partial charge on any atom is 0.174 e. The van der Waals surface area contributed by atoms with Crippen LogP contribution in [0.4, 0.5) is 0 Å². The van der Waals surface area contributed by atoms with Crippen LogP contribution in [0.15, 0.2) is 22.7 Å². The molecule has 0 saturated heterocycles. The minimum Gasteiger partial charge on any atom is -0.244 e. The summed E-state index contributed by atoms with van der Waals surface area (Å²) < 4.78 is 0.965. The number of halogens is 1. The fraction of sp³-hybridized carbons (Fsp3) is 0.222. The molecule has 15 heavy (non-hydrogen) atoms. The van der Waals surface area contributed by atoms with Crippen LogP contribution in [0, 0.1) is 6.92 Å². The van der Waals surface area contributed by atoms with E-state index in [0.29, 0.717) is 5.15 Å². The fourth-order valence-electron chi connectivity index (χ4n) is 1.00. The molecule has 0 aliphatic carbocycles. The van der Waals surface area contributed by atoms with Crippen molar-refractivity contribution in [1.29, 1.82) is 0 Å². The molecule has 0 amide bonds. The van der Waals surface area contributed by atoms with Gasteiger partial charge in [0, 0.05) is 11.9 Å². The van der Waals surface area contributed by atoms with Crippen LogP contribution in [0.1, 0.15) is 10.6 Å². The summed E-state index contributed by atoms with van der Waals surface area (Å²) >= 11 is 9.16. The molecule has 0 bridgehead atoms. The van der Waals surface area contributed by atoms with Crippen molar-refractivity contribution in [3.05, 3.63) is 34.1 Å². The quantitative estimate of drug-likeness (QED) is 0.625. The second kappa shape index (κ2) is 4.92. The first-order valence-electron chi connectivity index (χ1n) is 4.28. The molecule has 0 aliphatic heterocycles. The number of pyridine rings is 1. The number of aromatic nitrogens is 3. The van der Waals surface area contributed by atoms with Crippen LogP contribution in [-0.4, -0.2) is 15.2 Å². The van der Waals surface area contributed by atoms with Gasteiger partial charge in [0.15, 0.2) is 4.34 Å². The Morgan fingerprint density at radius 1 is 1.47 bits per heavy atom. The Morgan fingerprint density at radius 3 is 3.00 bits per heavy atom. The van der Waals surface area contributed by atoms with E-state index in [-0.39, 0.29) is 0 Å². The van der Waals surface area contributed by atoms with E-state index in [1.165, 1.54) is 0 Å². The highest BCUT2D eigenvalue weighted by Crippen LogP contribution is 2.27. The second-order valence-corrected chi connectivity index (χ2v) is 5.59. The van der Waals surface area contributed by atoms with Crippen molar-refractivity contribution in [2.45, 2.75) is 17.0 Å². The molecule has 2 heterocycles. The number of rotatable bonds is 3. The molecule has 0 N–H and O–H groups in total. The molecule has 2 aromatic heterocycles. The van der Waals surface area contributed by atoms with Crippen molar-refractivity contribution in [2.75, 3.05) is 0 Å². The summed E-state index contributed by atoms with van der Waals surface area (Å²) in [6, 6.07) is 3.85. The minimum atomic E-state index is 0.561. The van der Waals surface area contributed by atoms with Crippen LogP contribution >= 0.6 is 34.7 Å². The summed E-state index contributed by atoms with van der Waals surface area (Å²) in [7, 11) is 0. The van der Waals surface area contributed by atoms with Gasteiger partial charge < -0.3 is 0 Å². The average Bonchev–Trinajstić information content (AvgIpc) is 2.63. The summed E-state index contributed by atoms with van der Waals surface area (Å²) in [5.41, 5.74) is 1.03. The predicted molar refractivity (Wildman–Crippen MR) is 63.5 cm³/mol. The van der Waals surface area contributed by atoms with E-state index >= 15 is 0 Å².